The van der Waals surface area contributed by atoms with Gasteiger partial charge in [0.1, 0.15) is 0 Å². The van der Waals surface area contributed by atoms with Crippen LogP contribution in [0, 0.1) is 0 Å². The molecule has 1 aromatic carbocycles. The number of piperazine rings is 1. The second-order valence-electron chi connectivity index (χ2n) is 5.29. The van der Waals surface area contributed by atoms with E-state index in [4.69, 9.17) is 0 Å². The minimum absolute atomic E-state index is 0.679. The summed E-state index contributed by atoms with van der Waals surface area (Å²) in [7, 11) is 0. The Kier molecular flexibility index (Phi) is 5.69. The van der Waals surface area contributed by atoms with Gasteiger partial charge in [0.25, 0.3) is 0 Å². The highest BCUT2D eigenvalue weighted by Gasteiger charge is 2.21. The fourth-order valence-corrected chi connectivity index (χ4v) is 2.75. The van der Waals surface area contributed by atoms with Crippen LogP contribution in [-0.4, -0.2) is 37.1 Å². The summed E-state index contributed by atoms with van der Waals surface area (Å²) in [5, 5.41) is 3.53. The molecular formula is C16H26N2. The number of benzene rings is 1. The molecular weight excluding hydrogens is 220 g/mol. The van der Waals surface area contributed by atoms with Crippen LogP contribution in [0.1, 0.15) is 31.7 Å². The van der Waals surface area contributed by atoms with Gasteiger partial charge in [-0.05, 0) is 24.9 Å². The van der Waals surface area contributed by atoms with Crippen LogP contribution in [0.5, 0.6) is 0 Å². The lowest BCUT2D eigenvalue weighted by Gasteiger charge is -2.36. The summed E-state index contributed by atoms with van der Waals surface area (Å²) in [6.07, 6.45) is 5.21. The number of nitrogens with zero attached hydrogens (tertiary/aromatic N) is 1. The second kappa shape index (κ2) is 7.55. The largest absolute Gasteiger partial charge is 0.314 e. The molecule has 1 aromatic rings. The maximum absolute atomic E-state index is 3.53. The molecule has 0 amide bonds. The van der Waals surface area contributed by atoms with Crippen LogP contribution in [-0.2, 0) is 6.42 Å². The first-order valence-electron chi connectivity index (χ1n) is 7.39. The number of rotatable bonds is 6. The molecule has 1 saturated heterocycles. The van der Waals surface area contributed by atoms with E-state index >= 15 is 0 Å². The standard InChI is InChI=1S/C16H26N2/c1-2-3-7-11-18-12-10-17-14-16(18)13-15-8-5-4-6-9-15/h4-6,8-9,16-17H,2-3,7,10-14H2,1H3. The lowest BCUT2D eigenvalue weighted by molar-refractivity contribution is 0.157. The molecule has 0 saturated carbocycles. The summed E-state index contributed by atoms with van der Waals surface area (Å²) in [6.45, 7) is 7.05. The van der Waals surface area contributed by atoms with Gasteiger partial charge in [-0.3, -0.25) is 4.90 Å². The fraction of sp³-hybridized carbons (Fsp3) is 0.625. The molecule has 1 atom stereocenters. The van der Waals surface area contributed by atoms with E-state index in [2.05, 4.69) is 47.5 Å². The maximum Gasteiger partial charge on any atom is 0.0261 e. The Morgan fingerprint density at radius 2 is 2.06 bits per heavy atom. The van der Waals surface area contributed by atoms with Crippen LogP contribution in [0.2, 0.25) is 0 Å². The van der Waals surface area contributed by atoms with Crippen molar-refractivity contribution in [1.29, 1.82) is 0 Å². The summed E-state index contributed by atoms with van der Waals surface area (Å²) in [5.41, 5.74) is 1.46. The minimum Gasteiger partial charge on any atom is -0.314 e. The first kappa shape index (κ1) is 13.6. The molecule has 0 aliphatic carbocycles. The Balaban J connectivity index is 1.87. The van der Waals surface area contributed by atoms with Crippen LogP contribution in [0.3, 0.4) is 0 Å². The number of hydrogen-bond acceptors (Lipinski definition) is 2. The number of hydrogen-bond donors (Lipinski definition) is 1. The predicted molar refractivity (Wildman–Crippen MR) is 77.9 cm³/mol. The molecule has 100 valence electrons. The van der Waals surface area contributed by atoms with Crippen molar-refractivity contribution in [2.75, 3.05) is 26.2 Å². The lowest BCUT2D eigenvalue weighted by atomic mass is 10.0. The maximum atomic E-state index is 3.53. The predicted octanol–water partition coefficient (Wildman–Crippen LogP) is 2.69. The van der Waals surface area contributed by atoms with Gasteiger partial charge in [-0.1, -0.05) is 50.1 Å². The first-order valence-corrected chi connectivity index (χ1v) is 7.39. The molecule has 0 radical (unpaired) electrons. The third kappa shape index (κ3) is 4.11. The number of unbranched alkanes of at least 4 members (excludes halogenated alkanes) is 2. The summed E-state index contributed by atoms with van der Waals surface area (Å²) >= 11 is 0. The average Bonchev–Trinajstić information content (AvgIpc) is 2.42. The monoisotopic (exact) mass is 246 g/mol. The van der Waals surface area contributed by atoms with E-state index in [0.717, 1.165) is 13.1 Å². The van der Waals surface area contributed by atoms with E-state index in [9.17, 15) is 0 Å². The lowest BCUT2D eigenvalue weighted by Crippen LogP contribution is -2.52. The Bertz CT molecular complexity index is 323. The van der Waals surface area contributed by atoms with E-state index in [1.54, 1.807) is 0 Å². The van der Waals surface area contributed by atoms with Gasteiger partial charge < -0.3 is 5.32 Å². The van der Waals surface area contributed by atoms with Crippen molar-refractivity contribution < 1.29 is 0 Å². The topological polar surface area (TPSA) is 15.3 Å². The molecule has 1 aliphatic heterocycles. The normalized spacial score (nSPS) is 21.1. The minimum atomic E-state index is 0.679. The zero-order valence-electron chi connectivity index (χ0n) is 11.6. The Hall–Kier alpha value is -0.860. The van der Waals surface area contributed by atoms with Crippen molar-refractivity contribution in [2.45, 2.75) is 38.6 Å². The first-order chi connectivity index (χ1) is 8.90. The van der Waals surface area contributed by atoms with E-state index in [0.29, 0.717) is 6.04 Å². The van der Waals surface area contributed by atoms with Crippen LogP contribution >= 0.6 is 0 Å². The molecule has 0 spiro atoms. The van der Waals surface area contributed by atoms with Crippen molar-refractivity contribution >= 4 is 0 Å². The summed E-state index contributed by atoms with van der Waals surface area (Å²) < 4.78 is 0. The molecule has 1 aliphatic rings. The Morgan fingerprint density at radius 1 is 1.22 bits per heavy atom. The van der Waals surface area contributed by atoms with Gasteiger partial charge in [0, 0.05) is 25.7 Å². The fourth-order valence-electron chi connectivity index (χ4n) is 2.75. The zero-order valence-corrected chi connectivity index (χ0v) is 11.6. The molecule has 0 bridgehead atoms. The molecule has 1 heterocycles. The third-order valence-electron chi connectivity index (χ3n) is 3.84. The quantitative estimate of drug-likeness (QED) is 0.776. The molecule has 1 N–H and O–H groups in total. The van der Waals surface area contributed by atoms with Gasteiger partial charge >= 0.3 is 0 Å². The van der Waals surface area contributed by atoms with Crippen LogP contribution in [0.15, 0.2) is 30.3 Å². The van der Waals surface area contributed by atoms with Crippen molar-refractivity contribution in [1.82, 2.24) is 10.2 Å². The number of nitrogens with one attached hydrogen (secondary N) is 1. The van der Waals surface area contributed by atoms with E-state index in [1.165, 1.54) is 44.3 Å². The van der Waals surface area contributed by atoms with Crippen molar-refractivity contribution in [3.8, 4) is 0 Å². The second-order valence-corrected chi connectivity index (χ2v) is 5.29. The van der Waals surface area contributed by atoms with Crippen molar-refractivity contribution in [3.63, 3.8) is 0 Å². The smallest absolute Gasteiger partial charge is 0.0261 e. The molecule has 2 heteroatoms. The Labute approximate surface area is 111 Å². The summed E-state index contributed by atoms with van der Waals surface area (Å²) in [6, 6.07) is 11.6. The molecule has 18 heavy (non-hydrogen) atoms. The molecule has 1 fully saturated rings. The van der Waals surface area contributed by atoms with Gasteiger partial charge in [0.05, 0.1) is 0 Å². The van der Waals surface area contributed by atoms with Crippen LogP contribution < -0.4 is 5.32 Å². The highest BCUT2D eigenvalue weighted by molar-refractivity contribution is 5.16. The van der Waals surface area contributed by atoms with Gasteiger partial charge in [-0.25, -0.2) is 0 Å². The van der Waals surface area contributed by atoms with Gasteiger partial charge in [0.2, 0.25) is 0 Å². The van der Waals surface area contributed by atoms with Crippen LogP contribution in [0.25, 0.3) is 0 Å². The third-order valence-corrected chi connectivity index (χ3v) is 3.84. The van der Waals surface area contributed by atoms with Crippen molar-refractivity contribution in [3.05, 3.63) is 35.9 Å². The van der Waals surface area contributed by atoms with E-state index < -0.39 is 0 Å². The van der Waals surface area contributed by atoms with E-state index in [-0.39, 0.29) is 0 Å². The Morgan fingerprint density at radius 3 is 2.83 bits per heavy atom. The van der Waals surface area contributed by atoms with Crippen molar-refractivity contribution in [2.24, 2.45) is 0 Å². The molecule has 0 aromatic heterocycles. The van der Waals surface area contributed by atoms with Gasteiger partial charge in [-0.15, -0.1) is 0 Å². The van der Waals surface area contributed by atoms with Gasteiger partial charge in [0.15, 0.2) is 0 Å². The summed E-state index contributed by atoms with van der Waals surface area (Å²) in [5.74, 6) is 0. The van der Waals surface area contributed by atoms with E-state index in [1.807, 2.05) is 0 Å². The highest BCUT2D eigenvalue weighted by atomic mass is 15.2. The highest BCUT2D eigenvalue weighted by Crippen LogP contribution is 2.12. The molecule has 2 rings (SSSR count). The average molecular weight is 246 g/mol. The molecule has 2 nitrogen and oxygen atoms in total. The summed E-state index contributed by atoms with van der Waals surface area (Å²) in [4.78, 5) is 2.68. The zero-order chi connectivity index (χ0) is 12.6. The van der Waals surface area contributed by atoms with Crippen LogP contribution in [0.4, 0.5) is 0 Å². The van der Waals surface area contributed by atoms with Gasteiger partial charge in [-0.2, -0.15) is 0 Å². The molecule has 1 unspecified atom stereocenters. The SMILES string of the molecule is CCCCCN1CCNCC1Cc1ccccc1.